The quantitative estimate of drug-likeness (QED) is 0.659. The third-order valence-electron chi connectivity index (χ3n) is 3.87. The molecule has 0 aliphatic heterocycles. The maximum absolute atomic E-state index is 12.7. The van der Waals surface area contributed by atoms with E-state index in [1.54, 1.807) is 43.0 Å². The minimum atomic E-state index is -0.388. The van der Waals surface area contributed by atoms with E-state index in [-0.39, 0.29) is 24.2 Å². The van der Waals surface area contributed by atoms with Crippen molar-refractivity contribution in [2.24, 2.45) is 0 Å². The second-order valence-corrected chi connectivity index (χ2v) is 6.52. The molecule has 0 aromatic carbocycles. The van der Waals surface area contributed by atoms with Gasteiger partial charge in [0.05, 0.1) is 5.56 Å². The highest BCUT2D eigenvalue weighted by Gasteiger charge is 2.14. The van der Waals surface area contributed by atoms with Gasteiger partial charge < -0.3 is 5.32 Å². The topological polar surface area (TPSA) is 95.9 Å². The van der Waals surface area contributed by atoms with Gasteiger partial charge in [0.1, 0.15) is 0 Å². The van der Waals surface area contributed by atoms with Crippen molar-refractivity contribution in [2.45, 2.75) is 26.4 Å². The van der Waals surface area contributed by atoms with E-state index in [9.17, 15) is 9.59 Å². The summed E-state index contributed by atoms with van der Waals surface area (Å²) in [5.74, 6) is 0.425. The van der Waals surface area contributed by atoms with Crippen molar-refractivity contribution in [3.05, 3.63) is 65.0 Å². The molecule has 0 aliphatic rings. The Kier molecular flexibility index (Phi) is 5.56. The van der Waals surface area contributed by atoms with Gasteiger partial charge in [0.15, 0.2) is 5.82 Å². The molecule has 0 saturated carbocycles. The number of carbonyl (C=O) groups is 1. The monoisotopic (exact) mass is 386 g/mol. The highest BCUT2D eigenvalue weighted by atomic mass is 35.5. The Balaban J connectivity index is 1.80. The highest BCUT2D eigenvalue weighted by Crippen LogP contribution is 2.14. The average Bonchev–Trinajstić information content (AvgIpc) is 3.07. The summed E-state index contributed by atoms with van der Waals surface area (Å²) in [6.07, 6.45) is 6.47. The normalized spacial score (nSPS) is 10.8. The fourth-order valence-electron chi connectivity index (χ4n) is 2.45. The smallest absolute Gasteiger partial charge is 0.332 e. The van der Waals surface area contributed by atoms with Gasteiger partial charge in [-0.1, -0.05) is 6.07 Å². The number of halogens is 1. The van der Waals surface area contributed by atoms with Crippen LogP contribution in [0.1, 0.15) is 19.4 Å². The Bertz CT molecular complexity index is 983. The van der Waals surface area contributed by atoms with Crippen LogP contribution in [-0.2, 0) is 6.54 Å². The molecule has 0 bridgehead atoms. The van der Waals surface area contributed by atoms with Crippen LogP contribution in [0.25, 0.3) is 16.9 Å². The van der Waals surface area contributed by atoms with Crippen LogP contribution >= 0.6 is 11.8 Å². The first kappa shape index (κ1) is 18.7. The molecule has 140 valence electrons. The van der Waals surface area contributed by atoms with Crippen LogP contribution in [-0.4, -0.2) is 36.2 Å². The van der Waals surface area contributed by atoms with Crippen molar-refractivity contribution in [1.82, 2.24) is 29.5 Å². The van der Waals surface area contributed by atoms with Gasteiger partial charge in [-0.15, -0.1) is 0 Å². The lowest BCUT2D eigenvalue weighted by atomic mass is 10.2. The Morgan fingerprint density at radius 3 is 2.89 bits per heavy atom. The first-order chi connectivity index (χ1) is 13.0. The second-order valence-electron chi connectivity index (χ2n) is 6.16. The number of nitrogens with one attached hydrogen (secondary N) is 2. The van der Waals surface area contributed by atoms with E-state index >= 15 is 0 Å². The number of nitrogens with zero attached hydrogens (tertiary/aromatic N) is 4. The van der Waals surface area contributed by atoms with Gasteiger partial charge in [-0.25, -0.2) is 18.9 Å². The molecule has 3 aromatic rings. The molecular formula is C18H19ClN6O2. The SMILES string of the molecule is CC(C)N(Cl)C(=O)NCc1ccnc(-n2[nH]cc(-c3cccnc3)c2=O)c1. The van der Waals surface area contributed by atoms with Crippen LogP contribution in [0, 0.1) is 0 Å². The van der Waals surface area contributed by atoms with Gasteiger partial charge in [0.25, 0.3) is 5.56 Å². The van der Waals surface area contributed by atoms with E-state index < -0.39 is 0 Å². The fraction of sp³-hybridized carbons (Fsp3) is 0.222. The molecule has 27 heavy (non-hydrogen) atoms. The van der Waals surface area contributed by atoms with Crippen molar-refractivity contribution < 1.29 is 4.79 Å². The second kappa shape index (κ2) is 8.05. The van der Waals surface area contributed by atoms with Crippen molar-refractivity contribution >= 4 is 17.8 Å². The van der Waals surface area contributed by atoms with Crippen molar-refractivity contribution in [3.8, 4) is 16.9 Å². The van der Waals surface area contributed by atoms with Crippen LogP contribution in [0.5, 0.6) is 0 Å². The van der Waals surface area contributed by atoms with E-state index in [1.165, 1.54) is 4.68 Å². The number of H-pyrrole nitrogens is 1. The lowest BCUT2D eigenvalue weighted by molar-refractivity contribution is 0.217. The zero-order valence-corrected chi connectivity index (χ0v) is 15.6. The molecule has 0 atom stereocenters. The first-order valence-corrected chi connectivity index (χ1v) is 8.70. The van der Waals surface area contributed by atoms with E-state index in [0.29, 0.717) is 11.4 Å². The Labute approximate surface area is 160 Å². The van der Waals surface area contributed by atoms with Crippen LogP contribution < -0.4 is 10.9 Å². The molecule has 0 saturated heterocycles. The van der Waals surface area contributed by atoms with Crippen LogP contribution in [0.3, 0.4) is 0 Å². The largest absolute Gasteiger partial charge is 0.333 e. The zero-order valence-electron chi connectivity index (χ0n) is 14.9. The third kappa shape index (κ3) is 4.17. The average molecular weight is 387 g/mol. The van der Waals surface area contributed by atoms with Crippen molar-refractivity contribution in [3.63, 3.8) is 0 Å². The minimum Gasteiger partial charge on any atom is -0.333 e. The van der Waals surface area contributed by atoms with E-state index in [4.69, 9.17) is 11.8 Å². The number of hydrogen-bond donors (Lipinski definition) is 2. The molecule has 9 heteroatoms. The third-order valence-corrected chi connectivity index (χ3v) is 4.42. The molecule has 0 unspecified atom stereocenters. The van der Waals surface area contributed by atoms with Crippen LogP contribution in [0.4, 0.5) is 4.79 Å². The summed E-state index contributed by atoms with van der Waals surface area (Å²) in [7, 11) is 0. The summed E-state index contributed by atoms with van der Waals surface area (Å²) in [4.78, 5) is 32.9. The predicted octanol–water partition coefficient (Wildman–Crippen LogP) is 2.70. The van der Waals surface area contributed by atoms with Gasteiger partial charge in [0.2, 0.25) is 0 Å². The van der Waals surface area contributed by atoms with E-state index in [1.807, 2.05) is 19.9 Å². The van der Waals surface area contributed by atoms with Crippen LogP contribution in [0.15, 0.2) is 53.8 Å². The molecule has 0 radical (unpaired) electrons. The van der Waals surface area contributed by atoms with Crippen molar-refractivity contribution in [2.75, 3.05) is 0 Å². The summed E-state index contributed by atoms with van der Waals surface area (Å²) in [6, 6.07) is 6.55. The molecule has 3 rings (SSSR count). The molecule has 0 fully saturated rings. The molecule has 2 amide bonds. The maximum Gasteiger partial charge on any atom is 0.332 e. The number of amides is 2. The van der Waals surface area contributed by atoms with E-state index in [0.717, 1.165) is 15.5 Å². The zero-order chi connectivity index (χ0) is 19.4. The van der Waals surface area contributed by atoms with Crippen LogP contribution in [0.2, 0.25) is 0 Å². The Hall–Kier alpha value is -3.13. The highest BCUT2D eigenvalue weighted by molar-refractivity contribution is 6.21. The number of aromatic amines is 1. The van der Waals surface area contributed by atoms with Gasteiger partial charge in [-0.3, -0.25) is 14.9 Å². The fourth-order valence-corrected chi connectivity index (χ4v) is 2.51. The molecule has 8 nitrogen and oxygen atoms in total. The first-order valence-electron chi connectivity index (χ1n) is 8.36. The van der Waals surface area contributed by atoms with E-state index in [2.05, 4.69) is 20.4 Å². The number of urea groups is 1. The number of carbonyl (C=O) groups excluding carboxylic acids is 1. The standard InChI is InChI=1S/C18H19ClN6O2/c1-12(2)24(19)18(27)22-9-13-5-7-21-16(8-13)25-17(26)15(11-23-25)14-4-3-6-20-10-14/h3-8,10-12,23H,9H2,1-2H3,(H,22,27). The molecule has 3 aromatic heterocycles. The summed E-state index contributed by atoms with van der Waals surface area (Å²) < 4.78 is 2.44. The Morgan fingerprint density at radius 1 is 1.37 bits per heavy atom. The number of pyridine rings is 2. The summed E-state index contributed by atoms with van der Waals surface area (Å²) in [5, 5.41) is 5.64. The molecule has 2 N–H and O–H groups in total. The number of aromatic nitrogens is 4. The minimum absolute atomic E-state index is 0.122. The lowest BCUT2D eigenvalue weighted by Gasteiger charge is -2.18. The van der Waals surface area contributed by atoms with Gasteiger partial charge in [-0.2, -0.15) is 0 Å². The molecule has 3 heterocycles. The predicted molar refractivity (Wildman–Crippen MR) is 102 cm³/mol. The number of hydrogen-bond acceptors (Lipinski definition) is 4. The van der Waals surface area contributed by atoms with Crippen molar-refractivity contribution in [1.29, 1.82) is 0 Å². The summed E-state index contributed by atoms with van der Waals surface area (Å²) >= 11 is 5.89. The molecule has 0 aliphatic carbocycles. The summed E-state index contributed by atoms with van der Waals surface area (Å²) in [6.45, 7) is 3.89. The molecular weight excluding hydrogens is 368 g/mol. The molecule has 0 spiro atoms. The maximum atomic E-state index is 12.7. The lowest BCUT2D eigenvalue weighted by Crippen LogP contribution is -2.37. The van der Waals surface area contributed by atoms with Gasteiger partial charge >= 0.3 is 6.03 Å². The van der Waals surface area contributed by atoms with Gasteiger partial charge in [0, 0.05) is 54.7 Å². The Morgan fingerprint density at radius 2 is 2.19 bits per heavy atom. The van der Waals surface area contributed by atoms with Gasteiger partial charge in [-0.05, 0) is 37.6 Å². The number of rotatable bonds is 5. The summed E-state index contributed by atoms with van der Waals surface area (Å²) in [5.41, 5.74) is 1.77.